The molecular weight excluding hydrogens is 448 g/mol. The van der Waals surface area contributed by atoms with Gasteiger partial charge >= 0.3 is 0 Å². The highest BCUT2D eigenvalue weighted by atomic mass is 32.2. The van der Waals surface area contributed by atoms with Crippen molar-refractivity contribution < 1.29 is 9.47 Å². The van der Waals surface area contributed by atoms with Crippen LogP contribution >= 0.6 is 11.8 Å². The molecule has 0 atom stereocenters. The lowest BCUT2D eigenvalue weighted by atomic mass is 10.2. The summed E-state index contributed by atoms with van der Waals surface area (Å²) in [5, 5.41) is 10.2. The van der Waals surface area contributed by atoms with Gasteiger partial charge in [-0.15, -0.1) is 10.2 Å². The number of hydrogen-bond donors (Lipinski definition) is 0. The molecule has 2 aromatic heterocycles. The van der Waals surface area contributed by atoms with Crippen LogP contribution < -0.4 is 15.0 Å². The third-order valence-corrected chi connectivity index (χ3v) is 6.36. The first-order valence-electron chi connectivity index (χ1n) is 11.1. The van der Waals surface area contributed by atoms with E-state index in [2.05, 4.69) is 10.2 Å². The number of fused-ring (bicyclic) bond motifs is 3. The first-order chi connectivity index (χ1) is 16.7. The summed E-state index contributed by atoms with van der Waals surface area (Å²) < 4.78 is 14.9. The smallest absolute Gasteiger partial charge is 0.267 e. The predicted molar refractivity (Wildman–Crippen MR) is 135 cm³/mol. The van der Waals surface area contributed by atoms with Crippen LogP contribution in [0.5, 0.6) is 11.5 Å². The Morgan fingerprint density at radius 1 is 0.882 bits per heavy atom. The van der Waals surface area contributed by atoms with Gasteiger partial charge in [0.2, 0.25) is 5.78 Å². The lowest BCUT2D eigenvalue weighted by Crippen LogP contribution is -2.22. The second kappa shape index (κ2) is 9.61. The molecule has 172 valence electrons. The maximum Gasteiger partial charge on any atom is 0.267 e. The van der Waals surface area contributed by atoms with E-state index in [0.717, 1.165) is 28.3 Å². The van der Waals surface area contributed by atoms with Crippen molar-refractivity contribution in [3.05, 3.63) is 88.7 Å². The fourth-order valence-electron chi connectivity index (χ4n) is 3.89. The highest BCUT2D eigenvalue weighted by molar-refractivity contribution is 7.99. The normalized spacial score (nSPS) is 11.2. The van der Waals surface area contributed by atoms with Crippen LogP contribution in [0, 0.1) is 6.92 Å². The van der Waals surface area contributed by atoms with Crippen molar-refractivity contribution in [1.82, 2.24) is 19.2 Å². The summed E-state index contributed by atoms with van der Waals surface area (Å²) in [5.74, 6) is 2.78. The number of ether oxygens (including phenoxy) is 2. The molecule has 0 amide bonds. The lowest BCUT2D eigenvalue weighted by Gasteiger charge is -2.13. The molecule has 0 unspecified atom stereocenters. The van der Waals surface area contributed by atoms with Gasteiger partial charge in [0.25, 0.3) is 5.56 Å². The Morgan fingerprint density at radius 2 is 1.59 bits per heavy atom. The number of para-hydroxylation sites is 2. The molecule has 2 heterocycles. The van der Waals surface area contributed by atoms with Gasteiger partial charge in [-0.25, -0.2) is 4.57 Å². The molecule has 0 aliphatic rings. The second-order valence-electron chi connectivity index (χ2n) is 7.66. The molecule has 0 aliphatic heterocycles. The fourth-order valence-corrected chi connectivity index (χ4v) is 4.65. The zero-order chi connectivity index (χ0) is 23.5. The average molecular weight is 473 g/mol. The molecule has 0 spiro atoms. The van der Waals surface area contributed by atoms with E-state index in [1.165, 1.54) is 0 Å². The Balaban J connectivity index is 1.45. The molecule has 7 nitrogen and oxygen atoms in total. The molecule has 0 bridgehead atoms. The summed E-state index contributed by atoms with van der Waals surface area (Å²) in [5.41, 5.74) is 2.46. The Bertz CT molecular complexity index is 1510. The van der Waals surface area contributed by atoms with Crippen molar-refractivity contribution >= 4 is 28.4 Å². The highest BCUT2D eigenvalue weighted by Crippen LogP contribution is 2.24. The number of aryl methyl sites for hydroxylation is 1. The van der Waals surface area contributed by atoms with Gasteiger partial charge in [0.1, 0.15) is 11.5 Å². The molecule has 5 aromatic rings. The quantitative estimate of drug-likeness (QED) is 0.236. The van der Waals surface area contributed by atoms with Crippen molar-refractivity contribution in [2.45, 2.75) is 19.0 Å². The summed E-state index contributed by atoms with van der Waals surface area (Å²) in [6.45, 7) is 5.08. The number of rotatable bonds is 8. The van der Waals surface area contributed by atoms with Crippen molar-refractivity contribution in [1.29, 1.82) is 0 Å². The van der Waals surface area contributed by atoms with Crippen LogP contribution in [-0.4, -0.2) is 38.1 Å². The third-order valence-electron chi connectivity index (χ3n) is 5.47. The van der Waals surface area contributed by atoms with Crippen LogP contribution in [0.15, 0.2) is 82.7 Å². The van der Waals surface area contributed by atoms with Crippen LogP contribution in [-0.2, 0) is 0 Å². The van der Waals surface area contributed by atoms with Gasteiger partial charge in [-0.3, -0.25) is 9.20 Å². The molecular formula is C26H24N4O3S. The average Bonchev–Trinajstić information content (AvgIpc) is 3.28. The minimum Gasteiger partial charge on any atom is -0.494 e. The summed E-state index contributed by atoms with van der Waals surface area (Å²) in [6, 6.07) is 22.9. The number of nitrogens with zero attached hydrogens (tertiary/aromatic N) is 4. The van der Waals surface area contributed by atoms with E-state index in [1.807, 2.05) is 91.0 Å². The molecule has 8 heteroatoms. The summed E-state index contributed by atoms with van der Waals surface area (Å²) >= 11 is 1.54. The largest absolute Gasteiger partial charge is 0.494 e. The van der Waals surface area contributed by atoms with E-state index in [9.17, 15) is 4.79 Å². The molecule has 0 radical (unpaired) electrons. The van der Waals surface area contributed by atoms with Crippen LogP contribution in [0.1, 0.15) is 12.5 Å². The van der Waals surface area contributed by atoms with Crippen LogP contribution in [0.2, 0.25) is 0 Å². The van der Waals surface area contributed by atoms with Crippen LogP contribution in [0.25, 0.3) is 22.4 Å². The number of hydrogen-bond acceptors (Lipinski definition) is 6. The van der Waals surface area contributed by atoms with E-state index in [4.69, 9.17) is 9.47 Å². The number of benzene rings is 3. The van der Waals surface area contributed by atoms with Crippen molar-refractivity contribution in [3.8, 4) is 17.2 Å². The number of aromatic nitrogens is 4. The maximum atomic E-state index is 13.4. The van der Waals surface area contributed by atoms with E-state index in [1.54, 1.807) is 16.3 Å². The zero-order valence-electron chi connectivity index (χ0n) is 19.0. The molecule has 0 fully saturated rings. The maximum absolute atomic E-state index is 13.4. The fraction of sp³-hybridized carbons (Fsp3) is 0.192. The molecule has 0 aliphatic carbocycles. The Morgan fingerprint density at radius 3 is 2.35 bits per heavy atom. The first-order valence-corrected chi connectivity index (χ1v) is 12.1. The molecule has 34 heavy (non-hydrogen) atoms. The van der Waals surface area contributed by atoms with Gasteiger partial charge in [0.15, 0.2) is 5.16 Å². The molecule has 5 rings (SSSR count). The van der Waals surface area contributed by atoms with Crippen molar-refractivity contribution in [2.24, 2.45) is 0 Å². The van der Waals surface area contributed by atoms with E-state index in [-0.39, 0.29) is 5.56 Å². The Labute approximate surface area is 201 Å². The molecule has 0 saturated heterocycles. The van der Waals surface area contributed by atoms with Gasteiger partial charge in [-0.05, 0) is 61.9 Å². The Hall–Kier alpha value is -3.78. The number of thioether (sulfide) groups is 1. The SMILES string of the molecule is CCOc1ccc(OCCSc2nnc3n(-c4ccccc4C)c(=O)c4ccccc4n23)cc1. The molecule has 3 aromatic carbocycles. The molecule has 0 saturated carbocycles. The topological polar surface area (TPSA) is 70.7 Å². The van der Waals surface area contributed by atoms with Gasteiger partial charge in [-0.2, -0.15) is 0 Å². The van der Waals surface area contributed by atoms with Gasteiger partial charge in [0.05, 0.1) is 29.8 Å². The first kappa shape index (κ1) is 22.0. The van der Waals surface area contributed by atoms with Crippen molar-refractivity contribution in [2.75, 3.05) is 19.0 Å². The van der Waals surface area contributed by atoms with E-state index in [0.29, 0.717) is 35.3 Å². The summed E-state index contributed by atoms with van der Waals surface area (Å²) in [4.78, 5) is 13.4. The van der Waals surface area contributed by atoms with E-state index < -0.39 is 0 Å². The minimum absolute atomic E-state index is 0.111. The Kier molecular flexibility index (Phi) is 6.22. The highest BCUT2D eigenvalue weighted by Gasteiger charge is 2.18. The lowest BCUT2D eigenvalue weighted by molar-refractivity contribution is 0.332. The standard InChI is InChI=1S/C26H24N4O3S/c1-3-32-19-12-14-20(15-13-19)33-16-17-34-26-28-27-25-29(22-10-6-4-8-18(22)2)24(31)21-9-5-7-11-23(21)30(25)26/h4-15H,3,16-17H2,1-2H3. The monoisotopic (exact) mass is 472 g/mol. The van der Waals surface area contributed by atoms with Gasteiger partial charge in [0, 0.05) is 5.75 Å². The zero-order valence-corrected chi connectivity index (χ0v) is 19.8. The van der Waals surface area contributed by atoms with Gasteiger partial charge in [-0.1, -0.05) is 42.1 Å². The van der Waals surface area contributed by atoms with Crippen molar-refractivity contribution in [3.63, 3.8) is 0 Å². The summed E-state index contributed by atoms with van der Waals surface area (Å²) in [6.07, 6.45) is 0. The third kappa shape index (κ3) is 4.12. The molecule has 0 N–H and O–H groups in total. The van der Waals surface area contributed by atoms with E-state index >= 15 is 0 Å². The predicted octanol–water partition coefficient (Wildman–Crippen LogP) is 4.91. The van der Waals surface area contributed by atoms with Crippen LogP contribution in [0.3, 0.4) is 0 Å². The van der Waals surface area contributed by atoms with Gasteiger partial charge < -0.3 is 9.47 Å². The second-order valence-corrected chi connectivity index (χ2v) is 8.73. The van der Waals surface area contributed by atoms with Crippen LogP contribution in [0.4, 0.5) is 0 Å². The summed E-state index contributed by atoms with van der Waals surface area (Å²) in [7, 11) is 0. The minimum atomic E-state index is -0.111.